The maximum Gasteiger partial charge on any atom is 0.418 e. The summed E-state index contributed by atoms with van der Waals surface area (Å²) in [5.41, 5.74) is -1.06. The van der Waals surface area contributed by atoms with Crippen molar-refractivity contribution < 1.29 is 22.8 Å². The lowest BCUT2D eigenvalue weighted by Gasteiger charge is -2.15. The van der Waals surface area contributed by atoms with Gasteiger partial charge in [-0.25, -0.2) is 0 Å². The Kier molecular flexibility index (Phi) is 5.17. The van der Waals surface area contributed by atoms with E-state index >= 15 is 0 Å². The minimum Gasteiger partial charge on any atom is -0.326 e. The van der Waals surface area contributed by atoms with Crippen LogP contribution in [0.3, 0.4) is 0 Å². The average molecular weight is 358 g/mol. The van der Waals surface area contributed by atoms with Gasteiger partial charge in [0.25, 0.3) is 5.91 Å². The molecule has 0 spiro atoms. The van der Waals surface area contributed by atoms with Crippen molar-refractivity contribution in [1.29, 1.82) is 0 Å². The number of nitrogens with zero attached hydrogens (tertiary/aromatic N) is 2. The lowest BCUT2D eigenvalue weighted by atomic mass is 10.1. The first-order valence-corrected chi connectivity index (χ1v) is 7.61. The molecule has 24 heavy (non-hydrogen) atoms. The van der Waals surface area contributed by atoms with E-state index in [4.69, 9.17) is 0 Å². The van der Waals surface area contributed by atoms with Crippen molar-refractivity contribution in [3.63, 3.8) is 0 Å². The quantitative estimate of drug-likeness (QED) is 0.878. The molecule has 0 fully saturated rings. The number of halogens is 3. The highest BCUT2D eigenvalue weighted by Gasteiger charge is 2.34. The van der Waals surface area contributed by atoms with Crippen molar-refractivity contribution in [2.75, 3.05) is 10.6 Å². The molecule has 2 rings (SSSR count). The maximum absolute atomic E-state index is 13.2. The number of hydrogen-bond acceptors (Lipinski definition) is 5. The van der Waals surface area contributed by atoms with Crippen LogP contribution in [0.4, 0.5) is 24.5 Å². The fourth-order valence-corrected chi connectivity index (χ4v) is 2.61. The Morgan fingerprint density at radius 2 is 1.96 bits per heavy atom. The predicted octanol–water partition coefficient (Wildman–Crippen LogP) is 3.33. The highest BCUT2D eigenvalue weighted by Crippen LogP contribution is 2.37. The van der Waals surface area contributed by atoms with E-state index in [9.17, 15) is 22.8 Å². The predicted molar refractivity (Wildman–Crippen MR) is 83.0 cm³/mol. The van der Waals surface area contributed by atoms with Crippen LogP contribution in [0.5, 0.6) is 0 Å². The van der Waals surface area contributed by atoms with Gasteiger partial charge in [0.05, 0.1) is 16.9 Å². The summed E-state index contributed by atoms with van der Waals surface area (Å²) in [5.74, 6) is -1.21. The van der Waals surface area contributed by atoms with E-state index in [-0.39, 0.29) is 10.6 Å². The summed E-state index contributed by atoms with van der Waals surface area (Å²) in [6, 6.07) is 3.13. The lowest BCUT2D eigenvalue weighted by Crippen LogP contribution is -2.17. The fourth-order valence-electron chi connectivity index (χ4n) is 1.96. The molecule has 0 unspecified atom stereocenters. The SMILES string of the molecule is CCc1nnsc1C(=O)Nc1ccc(NC(C)=O)cc1C(F)(F)F. The number of amides is 2. The number of hydrogen-bond donors (Lipinski definition) is 2. The van der Waals surface area contributed by atoms with Crippen LogP contribution in [0.2, 0.25) is 0 Å². The van der Waals surface area contributed by atoms with Crippen LogP contribution in [-0.2, 0) is 17.4 Å². The normalized spacial score (nSPS) is 11.2. The maximum atomic E-state index is 13.2. The zero-order valence-corrected chi connectivity index (χ0v) is 13.5. The first-order valence-electron chi connectivity index (χ1n) is 6.83. The molecule has 10 heteroatoms. The van der Waals surface area contributed by atoms with Gasteiger partial charge < -0.3 is 10.6 Å². The molecule has 1 heterocycles. The van der Waals surface area contributed by atoms with Crippen LogP contribution in [0, 0.1) is 0 Å². The molecule has 0 radical (unpaired) electrons. The molecule has 0 saturated heterocycles. The van der Waals surface area contributed by atoms with Gasteiger partial charge in [0, 0.05) is 12.6 Å². The van der Waals surface area contributed by atoms with Crippen molar-refractivity contribution >= 4 is 34.7 Å². The van der Waals surface area contributed by atoms with Gasteiger partial charge in [-0.05, 0) is 36.2 Å². The summed E-state index contributed by atoms with van der Waals surface area (Å²) in [7, 11) is 0. The van der Waals surface area contributed by atoms with Gasteiger partial charge in [-0.1, -0.05) is 11.4 Å². The summed E-state index contributed by atoms with van der Waals surface area (Å²) in [6.07, 6.45) is -4.26. The second-order valence-electron chi connectivity index (χ2n) is 4.80. The molecule has 0 atom stereocenters. The molecule has 1 aromatic carbocycles. The number of anilines is 2. The molecule has 2 aromatic rings. The van der Waals surface area contributed by atoms with Gasteiger partial charge in [-0.3, -0.25) is 9.59 Å². The summed E-state index contributed by atoms with van der Waals surface area (Å²) in [6.45, 7) is 2.95. The third kappa shape index (κ3) is 4.07. The largest absolute Gasteiger partial charge is 0.418 e. The summed E-state index contributed by atoms with van der Waals surface area (Å²) < 4.78 is 43.3. The van der Waals surface area contributed by atoms with Crippen molar-refractivity contribution in [1.82, 2.24) is 9.59 Å². The first kappa shape index (κ1) is 17.9. The van der Waals surface area contributed by atoms with Crippen LogP contribution in [-0.4, -0.2) is 21.4 Å². The first-order chi connectivity index (χ1) is 11.2. The summed E-state index contributed by atoms with van der Waals surface area (Å²) in [5, 5.41) is 8.26. The van der Waals surface area contributed by atoms with Gasteiger partial charge in [-0.2, -0.15) is 13.2 Å². The Hall–Kier alpha value is -2.49. The highest BCUT2D eigenvalue weighted by molar-refractivity contribution is 7.08. The standard InChI is InChI=1S/C14H13F3N4O2S/c1-3-10-12(24-21-20-10)13(23)19-11-5-4-8(18-7(2)22)6-9(11)14(15,16)17/h4-6H,3H2,1-2H3,(H,18,22)(H,19,23). The van der Waals surface area contributed by atoms with E-state index in [1.807, 2.05) is 0 Å². The molecule has 128 valence electrons. The van der Waals surface area contributed by atoms with Gasteiger partial charge in [0.2, 0.25) is 5.91 Å². The van der Waals surface area contributed by atoms with E-state index in [0.29, 0.717) is 12.1 Å². The number of nitrogens with one attached hydrogen (secondary N) is 2. The van der Waals surface area contributed by atoms with Gasteiger partial charge in [-0.15, -0.1) is 5.10 Å². The number of carbonyl (C=O) groups is 2. The molecule has 0 saturated carbocycles. The molecular formula is C14H13F3N4O2S. The molecule has 0 aliphatic heterocycles. The Morgan fingerprint density at radius 1 is 1.25 bits per heavy atom. The molecule has 0 aliphatic carbocycles. The molecular weight excluding hydrogens is 345 g/mol. The van der Waals surface area contributed by atoms with E-state index in [0.717, 1.165) is 23.7 Å². The number of aromatic nitrogens is 2. The molecule has 6 nitrogen and oxygen atoms in total. The van der Waals surface area contributed by atoms with Crippen molar-refractivity contribution in [3.8, 4) is 0 Å². The van der Waals surface area contributed by atoms with Gasteiger partial charge in [0.1, 0.15) is 4.88 Å². The van der Waals surface area contributed by atoms with E-state index in [1.165, 1.54) is 13.0 Å². The third-order valence-electron chi connectivity index (χ3n) is 2.99. The Labute approximate surface area is 139 Å². The molecule has 1 aromatic heterocycles. The average Bonchev–Trinajstić information content (AvgIpc) is 2.95. The van der Waals surface area contributed by atoms with Crippen LogP contribution in [0.1, 0.15) is 34.8 Å². The van der Waals surface area contributed by atoms with Crippen LogP contribution >= 0.6 is 11.5 Å². The molecule has 2 N–H and O–H groups in total. The van der Waals surface area contributed by atoms with E-state index in [1.54, 1.807) is 6.92 Å². The minimum absolute atomic E-state index is 0.0125. The number of alkyl halides is 3. The molecule has 0 bridgehead atoms. The Balaban J connectivity index is 2.35. The van der Waals surface area contributed by atoms with Crippen molar-refractivity contribution in [2.45, 2.75) is 26.4 Å². The van der Waals surface area contributed by atoms with E-state index < -0.39 is 29.2 Å². The topological polar surface area (TPSA) is 84.0 Å². The lowest BCUT2D eigenvalue weighted by molar-refractivity contribution is -0.137. The fraction of sp³-hybridized carbons (Fsp3) is 0.286. The molecule has 0 aliphatic rings. The number of carbonyl (C=O) groups excluding carboxylic acids is 2. The minimum atomic E-state index is -4.70. The van der Waals surface area contributed by atoms with Crippen LogP contribution < -0.4 is 10.6 Å². The monoisotopic (exact) mass is 358 g/mol. The van der Waals surface area contributed by atoms with Crippen molar-refractivity contribution in [2.24, 2.45) is 0 Å². The Bertz CT molecular complexity index is 774. The Morgan fingerprint density at radius 3 is 2.54 bits per heavy atom. The summed E-state index contributed by atoms with van der Waals surface area (Å²) >= 11 is 0.815. The smallest absolute Gasteiger partial charge is 0.326 e. The third-order valence-corrected chi connectivity index (χ3v) is 3.76. The van der Waals surface area contributed by atoms with Gasteiger partial charge >= 0.3 is 6.18 Å². The second-order valence-corrected chi connectivity index (χ2v) is 5.55. The molecule has 2 amide bonds. The highest BCUT2D eigenvalue weighted by atomic mass is 32.1. The zero-order chi connectivity index (χ0) is 17.9. The number of benzene rings is 1. The van der Waals surface area contributed by atoms with Crippen molar-refractivity contribution in [3.05, 3.63) is 34.3 Å². The number of aryl methyl sites for hydroxylation is 1. The summed E-state index contributed by atoms with van der Waals surface area (Å²) in [4.78, 5) is 23.3. The second kappa shape index (κ2) is 6.95. The van der Waals surface area contributed by atoms with E-state index in [2.05, 4.69) is 20.2 Å². The van der Waals surface area contributed by atoms with Gasteiger partial charge in [0.15, 0.2) is 0 Å². The zero-order valence-electron chi connectivity index (χ0n) is 12.7. The van der Waals surface area contributed by atoms with Crippen LogP contribution in [0.15, 0.2) is 18.2 Å². The number of rotatable bonds is 4. The van der Waals surface area contributed by atoms with Crippen LogP contribution in [0.25, 0.3) is 0 Å².